The molecule has 34 heavy (non-hydrogen) atoms. The van der Waals surface area contributed by atoms with E-state index in [1.165, 1.54) is 24.3 Å². The molecule has 0 aliphatic carbocycles. The fourth-order valence-corrected chi connectivity index (χ4v) is 2.95. The maximum atomic E-state index is 12.9. The molecule has 0 saturated heterocycles. The van der Waals surface area contributed by atoms with Crippen molar-refractivity contribution in [2.24, 2.45) is 0 Å². The number of carbonyl (C=O) groups is 1. The van der Waals surface area contributed by atoms with Gasteiger partial charge in [-0.15, -0.1) is 0 Å². The van der Waals surface area contributed by atoms with Crippen LogP contribution in [0.4, 0.5) is 24.5 Å². The van der Waals surface area contributed by atoms with Crippen LogP contribution in [0.2, 0.25) is 0 Å². The summed E-state index contributed by atoms with van der Waals surface area (Å²) in [7, 11) is 0. The predicted molar refractivity (Wildman–Crippen MR) is 118 cm³/mol. The number of benzene rings is 3. The van der Waals surface area contributed by atoms with Crippen LogP contribution in [0, 0.1) is 28.4 Å². The SMILES string of the molecule is Cc1cccc(NC(=O)/C(C#N)=C\c2cccc(Oc3ccc(C(F)(F)F)cc3[N+](=O)[O-])c2)c1. The average Bonchev–Trinajstić information content (AvgIpc) is 2.77. The highest BCUT2D eigenvalue weighted by Crippen LogP contribution is 2.38. The first-order chi connectivity index (χ1) is 16.1. The molecule has 1 amide bonds. The number of hydrogen-bond donors (Lipinski definition) is 1. The second-order valence-electron chi connectivity index (χ2n) is 7.11. The Morgan fingerprint density at radius 2 is 1.85 bits per heavy atom. The molecule has 0 aliphatic rings. The van der Waals surface area contributed by atoms with Crippen LogP contribution in [0.5, 0.6) is 11.5 Å². The lowest BCUT2D eigenvalue weighted by Crippen LogP contribution is -2.13. The van der Waals surface area contributed by atoms with Crippen LogP contribution in [-0.4, -0.2) is 10.8 Å². The van der Waals surface area contributed by atoms with Gasteiger partial charge in [0.1, 0.15) is 17.4 Å². The molecule has 1 N–H and O–H groups in total. The van der Waals surface area contributed by atoms with Gasteiger partial charge in [-0.05, 0) is 60.5 Å². The number of hydrogen-bond acceptors (Lipinski definition) is 5. The number of nitriles is 1. The number of amides is 1. The van der Waals surface area contributed by atoms with Gasteiger partial charge >= 0.3 is 11.9 Å². The molecule has 3 aromatic rings. The van der Waals surface area contributed by atoms with Crippen molar-refractivity contribution < 1.29 is 27.6 Å². The minimum Gasteiger partial charge on any atom is -0.450 e. The Morgan fingerprint density at radius 1 is 1.12 bits per heavy atom. The summed E-state index contributed by atoms with van der Waals surface area (Å²) in [5.41, 5.74) is -0.449. The van der Waals surface area contributed by atoms with Crippen molar-refractivity contribution in [2.45, 2.75) is 13.1 Å². The lowest BCUT2D eigenvalue weighted by atomic mass is 10.1. The summed E-state index contributed by atoms with van der Waals surface area (Å²) in [5, 5.41) is 23.3. The van der Waals surface area contributed by atoms with Crippen molar-refractivity contribution in [3.8, 4) is 17.6 Å². The zero-order chi connectivity index (χ0) is 24.9. The van der Waals surface area contributed by atoms with E-state index in [4.69, 9.17) is 4.74 Å². The Morgan fingerprint density at radius 3 is 2.50 bits per heavy atom. The average molecular weight is 467 g/mol. The number of nitrogens with one attached hydrogen (secondary N) is 1. The number of alkyl halides is 3. The zero-order valence-corrected chi connectivity index (χ0v) is 17.6. The highest BCUT2D eigenvalue weighted by molar-refractivity contribution is 6.09. The van der Waals surface area contributed by atoms with Gasteiger partial charge in [-0.1, -0.05) is 24.3 Å². The highest BCUT2D eigenvalue weighted by Gasteiger charge is 2.33. The van der Waals surface area contributed by atoms with Gasteiger partial charge in [-0.2, -0.15) is 18.4 Å². The second-order valence-corrected chi connectivity index (χ2v) is 7.11. The third-order valence-corrected chi connectivity index (χ3v) is 4.52. The van der Waals surface area contributed by atoms with Crippen molar-refractivity contribution in [2.75, 3.05) is 5.32 Å². The molecule has 0 aromatic heterocycles. The molecular formula is C24H16F3N3O4. The smallest absolute Gasteiger partial charge is 0.416 e. The number of nitro benzene ring substituents is 1. The third-order valence-electron chi connectivity index (χ3n) is 4.52. The van der Waals surface area contributed by atoms with Gasteiger partial charge in [0.2, 0.25) is 5.75 Å². The summed E-state index contributed by atoms with van der Waals surface area (Å²) < 4.78 is 44.1. The normalized spacial score (nSPS) is 11.4. The summed E-state index contributed by atoms with van der Waals surface area (Å²) in [6.45, 7) is 1.85. The van der Waals surface area contributed by atoms with E-state index >= 15 is 0 Å². The van der Waals surface area contributed by atoms with Crippen LogP contribution < -0.4 is 10.1 Å². The molecule has 0 spiro atoms. The molecule has 0 atom stereocenters. The summed E-state index contributed by atoms with van der Waals surface area (Å²) in [6, 6.07) is 16.6. The number of carbonyl (C=O) groups excluding carboxylic acids is 1. The van der Waals surface area contributed by atoms with Crippen molar-refractivity contribution in [1.29, 1.82) is 5.26 Å². The first-order valence-corrected chi connectivity index (χ1v) is 9.70. The number of rotatable bonds is 6. The molecule has 0 bridgehead atoms. The minimum atomic E-state index is -4.75. The fourth-order valence-electron chi connectivity index (χ4n) is 2.95. The molecule has 0 heterocycles. The highest BCUT2D eigenvalue weighted by atomic mass is 19.4. The van der Waals surface area contributed by atoms with Crippen molar-refractivity contribution in [3.63, 3.8) is 0 Å². The fraction of sp³-hybridized carbons (Fsp3) is 0.0833. The minimum absolute atomic E-state index is 0.0630. The third kappa shape index (κ3) is 5.98. The zero-order valence-electron chi connectivity index (χ0n) is 17.6. The molecule has 10 heteroatoms. The van der Waals surface area contributed by atoms with Crippen molar-refractivity contribution in [3.05, 3.63) is 99.1 Å². The van der Waals surface area contributed by atoms with Crippen LogP contribution in [0.25, 0.3) is 6.08 Å². The Bertz CT molecular complexity index is 1330. The first-order valence-electron chi connectivity index (χ1n) is 9.70. The van der Waals surface area contributed by atoms with Crippen molar-refractivity contribution in [1.82, 2.24) is 0 Å². The summed E-state index contributed by atoms with van der Waals surface area (Å²) in [5.74, 6) is -0.970. The van der Waals surface area contributed by atoms with Crippen LogP contribution >= 0.6 is 0 Å². The number of nitro groups is 1. The van der Waals surface area contributed by atoms with Crippen LogP contribution in [0.3, 0.4) is 0 Å². The van der Waals surface area contributed by atoms with Crippen LogP contribution in [-0.2, 0) is 11.0 Å². The van der Waals surface area contributed by atoms with Gasteiger partial charge in [0.05, 0.1) is 10.5 Å². The van der Waals surface area contributed by atoms with E-state index in [-0.39, 0.29) is 11.3 Å². The topological polar surface area (TPSA) is 105 Å². The van der Waals surface area contributed by atoms with E-state index in [9.17, 15) is 33.3 Å². The van der Waals surface area contributed by atoms with E-state index in [0.29, 0.717) is 23.4 Å². The maximum absolute atomic E-state index is 12.9. The van der Waals surface area contributed by atoms with Gasteiger partial charge in [0.15, 0.2) is 0 Å². The second kappa shape index (κ2) is 9.87. The molecule has 0 fully saturated rings. The summed E-state index contributed by atoms with van der Waals surface area (Å²) in [6.07, 6.45) is -3.46. The van der Waals surface area contributed by atoms with Crippen LogP contribution in [0.1, 0.15) is 16.7 Å². The Labute approximate surface area is 191 Å². The van der Waals surface area contributed by atoms with Gasteiger partial charge < -0.3 is 10.1 Å². The van der Waals surface area contributed by atoms with Gasteiger partial charge in [-0.25, -0.2) is 0 Å². The van der Waals surface area contributed by atoms with E-state index < -0.39 is 34.0 Å². The molecule has 0 saturated carbocycles. The van der Waals surface area contributed by atoms with Crippen molar-refractivity contribution >= 4 is 23.4 Å². The molecule has 172 valence electrons. The molecule has 0 unspecified atom stereocenters. The quantitative estimate of drug-likeness (QED) is 0.199. The van der Waals surface area contributed by atoms with E-state index in [1.54, 1.807) is 24.3 Å². The standard InChI is InChI=1S/C24H16F3N3O4/c1-15-4-2-6-19(10-15)29-23(31)17(14-28)11-16-5-3-7-20(12-16)34-22-9-8-18(24(25,26)27)13-21(22)30(32)33/h2-13H,1H3,(H,29,31)/b17-11-. The largest absolute Gasteiger partial charge is 0.450 e. The Kier molecular flexibility index (Phi) is 6.97. The van der Waals surface area contributed by atoms with Gasteiger partial charge in [0, 0.05) is 11.8 Å². The molecule has 3 rings (SSSR count). The monoisotopic (exact) mass is 467 g/mol. The number of aryl methyl sites for hydroxylation is 1. The van der Waals surface area contributed by atoms with Gasteiger partial charge in [-0.3, -0.25) is 14.9 Å². The van der Waals surface area contributed by atoms with Crippen LogP contribution in [0.15, 0.2) is 72.3 Å². The number of ether oxygens (including phenoxy) is 1. The predicted octanol–water partition coefficient (Wildman–Crippen LogP) is 6.26. The Hall–Kier alpha value is -4.65. The lowest BCUT2D eigenvalue weighted by Gasteiger charge is -2.10. The Balaban J connectivity index is 1.86. The number of halogens is 3. The molecular weight excluding hydrogens is 451 g/mol. The molecule has 3 aromatic carbocycles. The summed E-state index contributed by atoms with van der Waals surface area (Å²) >= 11 is 0. The lowest BCUT2D eigenvalue weighted by molar-refractivity contribution is -0.385. The number of anilines is 1. The molecule has 7 nitrogen and oxygen atoms in total. The summed E-state index contributed by atoms with van der Waals surface area (Å²) in [4.78, 5) is 22.8. The van der Waals surface area contributed by atoms with Gasteiger partial charge in [0.25, 0.3) is 5.91 Å². The van der Waals surface area contributed by atoms with E-state index in [1.807, 2.05) is 19.1 Å². The van der Waals surface area contributed by atoms with E-state index in [2.05, 4.69) is 5.32 Å². The molecule has 0 radical (unpaired) electrons. The molecule has 0 aliphatic heterocycles. The maximum Gasteiger partial charge on any atom is 0.416 e. The first kappa shape index (κ1) is 24.0. The number of nitrogens with zero attached hydrogens (tertiary/aromatic N) is 2. The van der Waals surface area contributed by atoms with E-state index in [0.717, 1.165) is 11.6 Å².